The van der Waals surface area contributed by atoms with Crippen LogP contribution in [0.4, 0.5) is 9.80 Å². The summed E-state index contributed by atoms with van der Waals surface area (Å²) in [7, 11) is 0. The fourth-order valence-electron chi connectivity index (χ4n) is 4.49. The Morgan fingerprint density at radius 3 is 2.68 bits per heavy atom. The molecule has 0 unspecified atom stereocenters. The lowest BCUT2D eigenvalue weighted by molar-refractivity contribution is 0.101. The number of urea groups is 1. The van der Waals surface area contributed by atoms with E-state index in [2.05, 4.69) is 15.2 Å². The Labute approximate surface area is 189 Å². The standard InChI is InChI=1S/C23H25N3O3S2/c1-14(27)20-16-6-2-3-7-18(16)30-21(20)25-23(28)24-12-17-15-8-11-29-13-19(15)31-22(17)26-9-4-5-10-26/h4-5,9-10H,2-3,6-8,11-13H2,1H3,(H2,24,25,28). The minimum atomic E-state index is -0.272. The summed E-state index contributed by atoms with van der Waals surface area (Å²) in [5.41, 5.74) is 4.27. The average molecular weight is 456 g/mol. The molecule has 0 saturated carbocycles. The van der Waals surface area contributed by atoms with Gasteiger partial charge in [-0.25, -0.2) is 4.79 Å². The Hall–Kier alpha value is -2.42. The Morgan fingerprint density at radius 1 is 1.06 bits per heavy atom. The molecule has 2 N–H and O–H groups in total. The number of nitrogens with zero attached hydrogens (tertiary/aromatic N) is 1. The van der Waals surface area contributed by atoms with Gasteiger partial charge >= 0.3 is 6.03 Å². The summed E-state index contributed by atoms with van der Waals surface area (Å²) in [5.74, 6) is 0.0245. The lowest BCUT2D eigenvalue weighted by atomic mass is 9.94. The first-order valence-electron chi connectivity index (χ1n) is 10.7. The lowest BCUT2D eigenvalue weighted by Gasteiger charge is -2.15. The number of aromatic nitrogens is 1. The molecule has 0 radical (unpaired) electrons. The number of amides is 2. The summed E-state index contributed by atoms with van der Waals surface area (Å²) in [6.45, 7) is 3.36. The van der Waals surface area contributed by atoms with Crippen molar-refractivity contribution in [2.75, 3.05) is 11.9 Å². The average Bonchev–Trinajstić information content (AvgIpc) is 3.48. The molecule has 0 fully saturated rings. The number of ether oxygens (including phenoxy) is 1. The molecule has 3 aromatic heterocycles. The minimum Gasteiger partial charge on any atom is -0.376 e. The molecular formula is C23H25N3O3S2. The second-order valence-corrected chi connectivity index (χ2v) is 10.1. The van der Waals surface area contributed by atoms with Gasteiger partial charge in [-0.15, -0.1) is 22.7 Å². The first-order chi connectivity index (χ1) is 15.1. The molecule has 0 spiro atoms. The summed E-state index contributed by atoms with van der Waals surface area (Å²) >= 11 is 3.28. The summed E-state index contributed by atoms with van der Waals surface area (Å²) in [6, 6.07) is 3.73. The number of carbonyl (C=O) groups is 2. The molecule has 4 heterocycles. The van der Waals surface area contributed by atoms with Crippen molar-refractivity contribution in [2.24, 2.45) is 0 Å². The van der Waals surface area contributed by atoms with Crippen LogP contribution < -0.4 is 10.6 Å². The molecule has 2 amide bonds. The maximum Gasteiger partial charge on any atom is 0.320 e. The van der Waals surface area contributed by atoms with Gasteiger partial charge in [0.25, 0.3) is 0 Å². The molecule has 0 aromatic carbocycles. The largest absolute Gasteiger partial charge is 0.376 e. The Balaban J connectivity index is 1.36. The van der Waals surface area contributed by atoms with Crippen LogP contribution in [0.1, 0.15) is 56.6 Å². The van der Waals surface area contributed by atoms with E-state index in [4.69, 9.17) is 4.74 Å². The fourth-order valence-corrected chi connectivity index (χ4v) is 7.09. The van der Waals surface area contributed by atoms with E-state index in [0.717, 1.165) is 48.2 Å². The van der Waals surface area contributed by atoms with Crippen molar-refractivity contribution in [2.45, 2.75) is 52.2 Å². The highest BCUT2D eigenvalue weighted by Gasteiger charge is 2.25. The molecule has 0 atom stereocenters. The molecular weight excluding hydrogens is 430 g/mol. The number of aryl methyl sites for hydroxylation is 1. The maximum absolute atomic E-state index is 12.8. The summed E-state index contributed by atoms with van der Waals surface area (Å²) in [4.78, 5) is 27.6. The number of Topliss-reactive ketones (excluding diaryl/α,β-unsaturated/α-hetero) is 1. The molecule has 8 heteroatoms. The van der Waals surface area contributed by atoms with Crippen molar-refractivity contribution < 1.29 is 14.3 Å². The van der Waals surface area contributed by atoms with Crippen molar-refractivity contribution in [3.05, 3.63) is 56.5 Å². The van der Waals surface area contributed by atoms with Gasteiger partial charge in [0.05, 0.1) is 18.8 Å². The van der Waals surface area contributed by atoms with E-state index < -0.39 is 0 Å². The zero-order valence-corrected chi connectivity index (χ0v) is 19.1. The Morgan fingerprint density at radius 2 is 1.87 bits per heavy atom. The summed E-state index contributed by atoms with van der Waals surface area (Å²) in [5, 5.41) is 7.80. The highest BCUT2D eigenvalue weighted by Crippen LogP contribution is 2.38. The van der Waals surface area contributed by atoms with Gasteiger partial charge in [0, 0.05) is 34.3 Å². The van der Waals surface area contributed by atoms with Crippen LogP contribution in [-0.2, 0) is 37.2 Å². The SMILES string of the molecule is CC(=O)c1c(NC(=O)NCc2c(-n3cccc3)sc3c2CCOC3)sc2c1CCCC2. The van der Waals surface area contributed by atoms with E-state index >= 15 is 0 Å². The van der Waals surface area contributed by atoms with Crippen molar-refractivity contribution in [3.63, 3.8) is 0 Å². The number of anilines is 1. The van der Waals surface area contributed by atoms with Gasteiger partial charge in [-0.1, -0.05) is 0 Å². The first kappa shape index (κ1) is 20.5. The van der Waals surface area contributed by atoms with Crippen LogP contribution in [-0.4, -0.2) is 23.0 Å². The molecule has 1 aliphatic heterocycles. The van der Waals surface area contributed by atoms with Crippen molar-refractivity contribution >= 4 is 39.5 Å². The van der Waals surface area contributed by atoms with E-state index in [1.165, 1.54) is 15.3 Å². The normalized spacial score (nSPS) is 15.3. The molecule has 2 aliphatic rings. The molecule has 31 heavy (non-hydrogen) atoms. The van der Waals surface area contributed by atoms with Gasteiger partial charge in [-0.2, -0.15) is 0 Å². The van der Waals surface area contributed by atoms with Crippen LogP contribution in [0.2, 0.25) is 0 Å². The number of nitrogens with one attached hydrogen (secondary N) is 2. The van der Waals surface area contributed by atoms with E-state index in [0.29, 0.717) is 30.3 Å². The van der Waals surface area contributed by atoms with Crippen LogP contribution in [0.15, 0.2) is 24.5 Å². The number of fused-ring (bicyclic) bond motifs is 2. The van der Waals surface area contributed by atoms with Gasteiger partial charge in [-0.05, 0) is 62.3 Å². The number of hydrogen-bond acceptors (Lipinski definition) is 5. The van der Waals surface area contributed by atoms with Crippen LogP contribution in [0.3, 0.4) is 0 Å². The molecule has 0 bridgehead atoms. The lowest BCUT2D eigenvalue weighted by Crippen LogP contribution is -2.29. The summed E-state index contributed by atoms with van der Waals surface area (Å²) in [6.07, 6.45) is 9.07. The Bertz CT molecular complexity index is 1130. The van der Waals surface area contributed by atoms with Crippen molar-refractivity contribution in [1.82, 2.24) is 9.88 Å². The second kappa shape index (κ2) is 8.61. The minimum absolute atomic E-state index is 0.0245. The molecule has 6 nitrogen and oxygen atoms in total. The van der Waals surface area contributed by atoms with Gasteiger partial charge < -0.3 is 14.6 Å². The Kier molecular flexibility index (Phi) is 5.69. The maximum atomic E-state index is 12.8. The molecule has 162 valence electrons. The van der Waals surface area contributed by atoms with Crippen LogP contribution >= 0.6 is 22.7 Å². The third-order valence-corrected chi connectivity index (χ3v) is 8.39. The van der Waals surface area contributed by atoms with Crippen molar-refractivity contribution in [3.8, 4) is 5.00 Å². The smallest absolute Gasteiger partial charge is 0.320 e. The molecule has 5 rings (SSSR count). The van der Waals surface area contributed by atoms with E-state index in [1.54, 1.807) is 29.6 Å². The predicted molar refractivity (Wildman–Crippen MR) is 124 cm³/mol. The second-order valence-electron chi connectivity index (χ2n) is 7.96. The highest BCUT2D eigenvalue weighted by molar-refractivity contribution is 7.17. The predicted octanol–water partition coefficient (Wildman–Crippen LogP) is 5.08. The van der Waals surface area contributed by atoms with Gasteiger partial charge in [0.1, 0.15) is 10.0 Å². The van der Waals surface area contributed by atoms with E-state index in [1.807, 2.05) is 24.5 Å². The third-order valence-electron chi connectivity index (χ3n) is 5.92. The number of rotatable bonds is 5. The molecule has 0 saturated heterocycles. The summed E-state index contributed by atoms with van der Waals surface area (Å²) < 4.78 is 7.73. The number of thiophene rings is 2. The van der Waals surface area contributed by atoms with Crippen molar-refractivity contribution in [1.29, 1.82) is 0 Å². The van der Waals surface area contributed by atoms with Gasteiger partial charge in [-0.3, -0.25) is 10.1 Å². The third kappa shape index (κ3) is 3.95. The number of hydrogen-bond donors (Lipinski definition) is 2. The van der Waals surface area contributed by atoms with Crippen LogP contribution in [0.25, 0.3) is 5.00 Å². The van der Waals surface area contributed by atoms with Gasteiger partial charge in [0.15, 0.2) is 5.78 Å². The fraction of sp³-hybridized carbons (Fsp3) is 0.391. The van der Waals surface area contributed by atoms with Crippen LogP contribution in [0, 0.1) is 0 Å². The number of ketones is 1. The highest BCUT2D eigenvalue weighted by atomic mass is 32.1. The van der Waals surface area contributed by atoms with Crippen LogP contribution in [0.5, 0.6) is 0 Å². The van der Waals surface area contributed by atoms with E-state index in [-0.39, 0.29) is 11.8 Å². The van der Waals surface area contributed by atoms with Gasteiger partial charge in [0.2, 0.25) is 0 Å². The molecule has 3 aromatic rings. The first-order valence-corrected chi connectivity index (χ1v) is 12.3. The molecule has 1 aliphatic carbocycles. The zero-order chi connectivity index (χ0) is 21.4. The number of carbonyl (C=O) groups excluding carboxylic acids is 2. The zero-order valence-electron chi connectivity index (χ0n) is 17.5. The van der Waals surface area contributed by atoms with E-state index in [9.17, 15) is 9.59 Å². The quantitative estimate of drug-likeness (QED) is 0.527. The monoisotopic (exact) mass is 455 g/mol. The topological polar surface area (TPSA) is 72.4 Å².